The number of benzene rings is 3. The summed E-state index contributed by atoms with van der Waals surface area (Å²) in [5.41, 5.74) is 1.40. The third-order valence-corrected chi connectivity index (χ3v) is 5.87. The molecular formula is C26H20Cl2F3N3O2. The number of carbonyl (C=O) groups is 1. The van der Waals surface area contributed by atoms with E-state index in [0.717, 1.165) is 21.9 Å². The van der Waals surface area contributed by atoms with E-state index in [1.165, 1.54) is 12.1 Å². The number of carbonyl (C=O) groups excluding carboxylic acids is 1. The maximum Gasteiger partial charge on any atom is 0.435 e. The number of hydrogen-bond donors (Lipinski definition) is 1. The van der Waals surface area contributed by atoms with Crippen molar-refractivity contribution in [2.45, 2.75) is 19.7 Å². The summed E-state index contributed by atoms with van der Waals surface area (Å²) < 4.78 is 47.0. The topological polar surface area (TPSA) is 56.1 Å². The minimum Gasteiger partial charge on any atom is -0.487 e. The van der Waals surface area contributed by atoms with Gasteiger partial charge in [0.1, 0.15) is 18.0 Å². The van der Waals surface area contributed by atoms with Gasteiger partial charge in [-0.2, -0.15) is 18.3 Å². The van der Waals surface area contributed by atoms with Gasteiger partial charge in [0.2, 0.25) is 0 Å². The van der Waals surface area contributed by atoms with Crippen molar-refractivity contribution in [3.05, 3.63) is 99.8 Å². The van der Waals surface area contributed by atoms with Crippen LogP contribution < -0.4 is 10.1 Å². The third-order valence-electron chi connectivity index (χ3n) is 5.26. The smallest absolute Gasteiger partial charge is 0.435 e. The summed E-state index contributed by atoms with van der Waals surface area (Å²) in [6.45, 7) is 2.16. The Labute approximate surface area is 215 Å². The second-order valence-corrected chi connectivity index (χ2v) is 8.57. The lowest BCUT2D eigenvalue weighted by atomic mass is 10.0. The fourth-order valence-corrected chi connectivity index (χ4v) is 4.11. The van der Waals surface area contributed by atoms with Crippen LogP contribution in [0.4, 0.5) is 13.2 Å². The van der Waals surface area contributed by atoms with Crippen molar-refractivity contribution < 1.29 is 22.7 Å². The summed E-state index contributed by atoms with van der Waals surface area (Å²) in [5.74, 6) is 0.276. The summed E-state index contributed by atoms with van der Waals surface area (Å²) in [6.07, 6.45) is -4.65. The van der Waals surface area contributed by atoms with Crippen LogP contribution in [0.1, 0.15) is 28.7 Å². The molecule has 0 saturated carbocycles. The van der Waals surface area contributed by atoms with Crippen molar-refractivity contribution in [3.63, 3.8) is 0 Å². The molecule has 1 amide bonds. The van der Waals surface area contributed by atoms with E-state index in [1.807, 2.05) is 13.0 Å². The van der Waals surface area contributed by atoms with Crippen molar-refractivity contribution in [1.82, 2.24) is 15.1 Å². The number of para-hydroxylation sites is 1. The molecule has 1 aromatic heterocycles. The number of aromatic nitrogens is 2. The second-order valence-electron chi connectivity index (χ2n) is 7.75. The standard InChI is InChI=1S/C26H20Cl2F3N3O2/c1-2-32-25(35)18-6-3-5-17(13-18)16-9-11-20(12-10-16)36-15-19-14-23(26(29,30)31)33-34(19)24-21(27)7-4-8-22(24)28/h3-14H,2,15H2,1H3,(H,32,35). The zero-order chi connectivity index (χ0) is 25.9. The fraction of sp³-hybridized carbons (Fsp3) is 0.154. The maximum atomic E-state index is 13.4. The number of ether oxygens (including phenoxy) is 1. The predicted octanol–water partition coefficient (Wildman–Crippen LogP) is 7.19. The Balaban J connectivity index is 1.56. The maximum absolute atomic E-state index is 13.4. The lowest BCUT2D eigenvalue weighted by molar-refractivity contribution is -0.141. The normalized spacial score (nSPS) is 11.4. The molecule has 0 atom stereocenters. The van der Waals surface area contributed by atoms with Gasteiger partial charge < -0.3 is 10.1 Å². The molecule has 4 rings (SSSR count). The molecule has 4 aromatic rings. The van der Waals surface area contributed by atoms with Crippen LogP contribution in [0.3, 0.4) is 0 Å². The quantitative estimate of drug-likeness (QED) is 0.273. The molecule has 10 heteroatoms. The Kier molecular flexibility index (Phi) is 7.56. The SMILES string of the molecule is CCNC(=O)c1cccc(-c2ccc(OCc3cc(C(F)(F)F)nn3-c3c(Cl)cccc3Cl)cc2)c1. The van der Waals surface area contributed by atoms with E-state index in [9.17, 15) is 18.0 Å². The highest BCUT2D eigenvalue weighted by Gasteiger charge is 2.35. The molecule has 0 aliphatic carbocycles. The van der Waals surface area contributed by atoms with Crippen LogP contribution in [0.5, 0.6) is 5.75 Å². The minimum absolute atomic E-state index is 0.121. The number of halogens is 5. The van der Waals surface area contributed by atoms with Gasteiger partial charge in [0.25, 0.3) is 5.91 Å². The summed E-state index contributed by atoms with van der Waals surface area (Å²) >= 11 is 12.4. The highest BCUT2D eigenvalue weighted by atomic mass is 35.5. The number of rotatable bonds is 7. The highest BCUT2D eigenvalue weighted by molar-refractivity contribution is 6.37. The molecule has 5 nitrogen and oxygen atoms in total. The van der Waals surface area contributed by atoms with Gasteiger partial charge in [-0.05, 0) is 60.5 Å². The summed E-state index contributed by atoms with van der Waals surface area (Å²) in [5, 5.41) is 6.75. The highest BCUT2D eigenvalue weighted by Crippen LogP contribution is 2.34. The van der Waals surface area contributed by atoms with E-state index in [4.69, 9.17) is 27.9 Å². The largest absolute Gasteiger partial charge is 0.487 e. The molecule has 0 saturated heterocycles. The van der Waals surface area contributed by atoms with Gasteiger partial charge in [0, 0.05) is 12.1 Å². The Morgan fingerprint density at radius 1 is 0.972 bits per heavy atom. The molecule has 0 aliphatic heterocycles. The molecule has 0 aliphatic rings. The molecule has 0 bridgehead atoms. The number of hydrogen-bond acceptors (Lipinski definition) is 3. The van der Waals surface area contributed by atoms with E-state index in [2.05, 4.69) is 10.4 Å². The van der Waals surface area contributed by atoms with E-state index in [-0.39, 0.29) is 33.9 Å². The minimum atomic E-state index is -4.65. The van der Waals surface area contributed by atoms with Gasteiger partial charge in [0.05, 0.1) is 15.7 Å². The first-order valence-corrected chi connectivity index (χ1v) is 11.6. The van der Waals surface area contributed by atoms with E-state index < -0.39 is 11.9 Å². The first kappa shape index (κ1) is 25.6. The number of nitrogens with one attached hydrogen (secondary N) is 1. The molecule has 36 heavy (non-hydrogen) atoms. The van der Waals surface area contributed by atoms with Crippen LogP contribution in [0, 0.1) is 0 Å². The number of nitrogens with zero attached hydrogens (tertiary/aromatic N) is 2. The Hall–Kier alpha value is -3.49. The molecule has 0 unspecified atom stereocenters. The van der Waals surface area contributed by atoms with Crippen LogP contribution in [0.15, 0.2) is 72.8 Å². The molecule has 0 fully saturated rings. The van der Waals surface area contributed by atoms with Gasteiger partial charge in [0.15, 0.2) is 5.69 Å². The van der Waals surface area contributed by atoms with Gasteiger partial charge >= 0.3 is 6.18 Å². The molecular weight excluding hydrogens is 514 g/mol. The Bertz CT molecular complexity index is 1370. The lowest BCUT2D eigenvalue weighted by Gasteiger charge is -2.12. The van der Waals surface area contributed by atoms with Crippen LogP contribution in [-0.2, 0) is 12.8 Å². The first-order chi connectivity index (χ1) is 17.2. The van der Waals surface area contributed by atoms with Crippen LogP contribution in [0.2, 0.25) is 10.0 Å². The van der Waals surface area contributed by atoms with Gasteiger partial charge in [-0.1, -0.05) is 53.5 Å². The zero-order valence-corrected chi connectivity index (χ0v) is 20.5. The monoisotopic (exact) mass is 533 g/mol. The van der Waals surface area contributed by atoms with Crippen LogP contribution in [-0.4, -0.2) is 22.2 Å². The summed E-state index contributed by atoms with van der Waals surface area (Å²) in [6, 6.07) is 19.7. The molecule has 0 spiro atoms. The molecule has 1 N–H and O–H groups in total. The van der Waals surface area contributed by atoms with E-state index >= 15 is 0 Å². The van der Waals surface area contributed by atoms with Gasteiger partial charge in [-0.15, -0.1) is 0 Å². The average molecular weight is 534 g/mol. The predicted molar refractivity (Wildman–Crippen MR) is 133 cm³/mol. The average Bonchev–Trinajstić information content (AvgIpc) is 3.28. The summed E-state index contributed by atoms with van der Waals surface area (Å²) in [7, 11) is 0. The van der Waals surface area contributed by atoms with Crippen molar-refractivity contribution in [2.24, 2.45) is 0 Å². The number of alkyl halides is 3. The molecule has 186 valence electrons. The zero-order valence-electron chi connectivity index (χ0n) is 18.9. The van der Waals surface area contributed by atoms with Crippen LogP contribution >= 0.6 is 23.2 Å². The van der Waals surface area contributed by atoms with Crippen molar-refractivity contribution in [2.75, 3.05) is 6.54 Å². The van der Waals surface area contributed by atoms with Crippen molar-refractivity contribution in [1.29, 1.82) is 0 Å². The Morgan fingerprint density at radius 3 is 2.28 bits per heavy atom. The van der Waals surface area contributed by atoms with E-state index in [1.54, 1.807) is 48.5 Å². The van der Waals surface area contributed by atoms with Crippen molar-refractivity contribution >= 4 is 29.1 Å². The van der Waals surface area contributed by atoms with Crippen LogP contribution in [0.25, 0.3) is 16.8 Å². The Morgan fingerprint density at radius 2 is 1.64 bits per heavy atom. The molecule has 1 heterocycles. The van der Waals surface area contributed by atoms with Crippen molar-refractivity contribution in [3.8, 4) is 22.6 Å². The third kappa shape index (κ3) is 5.66. The number of amides is 1. The molecule has 0 radical (unpaired) electrons. The van der Waals surface area contributed by atoms with Gasteiger partial charge in [-0.25, -0.2) is 4.68 Å². The summed E-state index contributed by atoms with van der Waals surface area (Å²) in [4.78, 5) is 12.1. The fourth-order valence-electron chi connectivity index (χ4n) is 3.55. The first-order valence-electron chi connectivity index (χ1n) is 10.9. The lowest BCUT2D eigenvalue weighted by Crippen LogP contribution is -2.22. The van der Waals surface area contributed by atoms with E-state index in [0.29, 0.717) is 17.9 Å². The second kappa shape index (κ2) is 10.6. The van der Waals surface area contributed by atoms with Gasteiger partial charge in [-0.3, -0.25) is 4.79 Å². The molecule has 3 aromatic carbocycles.